The van der Waals surface area contributed by atoms with Crippen molar-refractivity contribution in [2.75, 3.05) is 34.2 Å². The van der Waals surface area contributed by atoms with Crippen LogP contribution in [0.3, 0.4) is 0 Å². The third-order valence-electron chi connectivity index (χ3n) is 6.67. The molecule has 2 fully saturated rings. The lowest BCUT2D eigenvalue weighted by atomic mass is 9.77. The van der Waals surface area contributed by atoms with E-state index >= 15 is 0 Å². The number of carbonyl (C=O) groups excluding carboxylic acids is 3. The van der Waals surface area contributed by atoms with Crippen molar-refractivity contribution in [1.29, 1.82) is 5.26 Å². The highest BCUT2D eigenvalue weighted by Crippen LogP contribution is 2.42. The minimum atomic E-state index is -1.04. The van der Waals surface area contributed by atoms with Gasteiger partial charge in [0.05, 0.1) is 29.6 Å². The fourth-order valence-electron chi connectivity index (χ4n) is 4.90. The van der Waals surface area contributed by atoms with E-state index in [-0.39, 0.29) is 31.0 Å². The number of hydrogen-bond donors (Lipinski definition) is 1. The summed E-state index contributed by atoms with van der Waals surface area (Å²) in [7, 11) is 4.87. The number of fused-ring (bicyclic) bond motifs is 1. The van der Waals surface area contributed by atoms with Crippen molar-refractivity contribution < 1.29 is 19.1 Å². The first-order valence-electron chi connectivity index (χ1n) is 12.3. The first-order chi connectivity index (χ1) is 17.8. The van der Waals surface area contributed by atoms with Crippen molar-refractivity contribution in [3.63, 3.8) is 0 Å². The molecule has 10 nitrogen and oxygen atoms in total. The lowest BCUT2D eigenvalue weighted by Gasteiger charge is -2.43. The first-order valence-corrected chi connectivity index (χ1v) is 12.3. The summed E-state index contributed by atoms with van der Waals surface area (Å²) < 4.78 is 5.36. The van der Waals surface area contributed by atoms with Gasteiger partial charge in [-0.25, -0.2) is 9.59 Å². The Morgan fingerprint density at radius 1 is 1.16 bits per heavy atom. The summed E-state index contributed by atoms with van der Waals surface area (Å²) in [6.45, 7) is 5.59. The molecule has 2 unspecified atom stereocenters. The van der Waals surface area contributed by atoms with E-state index in [1.165, 1.54) is 9.80 Å². The van der Waals surface area contributed by atoms with Crippen LogP contribution in [0.25, 0.3) is 11.1 Å². The third kappa shape index (κ3) is 5.05. The Bertz CT molecular complexity index is 1360. The highest BCUT2D eigenvalue weighted by molar-refractivity contribution is 6.05. The zero-order chi connectivity index (χ0) is 27.8. The van der Waals surface area contributed by atoms with Gasteiger partial charge >= 0.3 is 12.1 Å². The molecule has 0 bridgehead atoms. The van der Waals surface area contributed by atoms with Crippen LogP contribution in [0.15, 0.2) is 53.5 Å². The largest absolute Gasteiger partial charge is 0.442 e. The molecule has 10 heteroatoms. The van der Waals surface area contributed by atoms with Crippen LogP contribution in [-0.2, 0) is 15.1 Å². The Labute approximate surface area is 222 Å². The highest BCUT2D eigenvalue weighted by atomic mass is 16.6. The maximum atomic E-state index is 13.7. The van der Waals surface area contributed by atoms with Gasteiger partial charge in [-0.2, -0.15) is 5.26 Å². The van der Waals surface area contributed by atoms with Crippen molar-refractivity contribution in [2.45, 2.75) is 31.9 Å². The molecule has 38 heavy (non-hydrogen) atoms. The van der Waals surface area contributed by atoms with Crippen LogP contribution in [0, 0.1) is 17.2 Å². The lowest BCUT2D eigenvalue weighted by molar-refractivity contribution is -0.134. The molecule has 2 aliphatic heterocycles. The molecule has 0 aromatic heterocycles. The van der Waals surface area contributed by atoms with E-state index in [0.29, 0.717) is 5.56 Å². The number of ether oxygens (including phenoxy) is 1. The van der Waals surface area contributed by atoms with Crippen LogP contribution < -0.4 is 5.32 Å². The molecule has 2 heterocycles. The molecule has 0 saturated carbocycles. The molecular formula is C28H32N6O4. The summed E-state index contributed by atoms with van der Waals surface area (Å²) in [5.41, 5.74) is 1.19. The zero-order valence-corrected chi connectivity index (χ0v) is 22.5. The minimum absolute atomic E-state index is 0.0523. The molecule has 4 amide bonds. The van der Waals surface area contributed by atoms with Crippen LogP contribution in [-0.4, -0.2) is 78.5 Å². The topological polar surface area (TPSA) is 118 Å². The van der Waals surface area contributed by atoms with Gasteiger partial charge < -0.3 is 19.9 Å². The number of benzene rings is 2. The Hall–Kier alpha value is -4.39. The van der Waals surface area contributed by atoms with Gasteiger partial charge in [0.25, 0.3) is 0 Å². The first kappa shape index (κ1) is 26.7. The number of carbonyl (C=O) groups is 3. The second kappa shape index (κ2) is 9.82. The molecule has 2 aromatic carbocycles. The van der Waals surface area contributed by atoms with Crippen LogP contribution in [0.5, 0.6) is 0 Å². The fourth-order valence-corrected chi connectivity index (χ4v) is 4.90. The third-order valence-corrected chi connectivity index (χ3v) is 6.67. The minimum Gasteiger partial charge on any atom is -0.442 e. The summed E-state index contributed by atoms with van der Waals surface area (Å²) in [5.74, 6) is -0.844. The van der Waals surface area contributed by atoms with Crippen molar-refractivity contribution in [1.82, 2.24) is 20.0 Å². The molecule has 1 N–H and O–H groups in total. The number of amides is 4. The van der Waals surface area contributed by atoms with Crippen molar-refractivity contribution in [3.8, 4) is 17.2 Å². The second-order valence-electron chi connectivity index (χ2n) is 10.8. The lowest BCUT2D eigenvalue weighted by Crippen LogP contribution is -2.65. The van der Waals surface area contributed by atoms with Crippen LogP contribution in [0.1, 0.15) is 31.9 Å². The number of nitrogens with zero attached hydrogens (tertiary/aromatic N) is 5. The van der Waals surface area contributed by atoms with Gasteiger partial charge in [-0.15, -0.1) is 4.99 Å². The molecule has 0 radical (unpaired) electrons. The predicted octanol–water partition coefficient (Wildman–Crippen LogP) is 3.39. The summed E-state index contributed by atoms with van der Waals surface area (Å²) in [5, 5.41) is 12.7. The summed E-state index contributed by atoms with van der Waals surface area (Å²) in [6.07, 6.45) is -0.824. The molecule has 2 aliphatic rings. The number of nitriles is 1. The van der Waals surface area contributed by atoms with Gasteiger partial charge in [0.15, 0.2) is 0 Å². The van der Waals surface area contributed by atoms with E-state index in [4.69, 9.17) is 4.74 Å². The molecule has 2 aromatic rings. The van der Waals surface area contributed by atoms with Crippen LogP contribution in [0.4, 0.5) is 9.59 Å². The van der Waals surface area contributed by atoms with E-state index in [0.717, 1.165) is 16.7 Å². The van der Waals surface area contributed by atoms with Crippen molar-refractivity contribution in [2.24, 2.45) is 10.9 Å². The number of rotatable bonds is 2. The smallest absolute Gasteiger partial charge is 0.437 e. The van der Waals surface area contributed by atoms with Crippen molar-refractivity contribution >= 4 is 24.0 Å². The molecule has 4 rings (SSSR count). The Balaban J connectivity index is 1.83. The normalized spacial score (nSPS) is 22.0. The summed E-state index contributed by atoms with van der Waals surface area (Å²) in [6, 6.07) is 16.8. The Kier molecular flexibility index (Phi) is 6.89. The molecule has 0 aliphatic carbocycles. The van der Waals surface area contributed by atoms with Gasteiger partial charge in [-0.05, 0) is 55.7 Å². The number of hydrogen-bond acceptors (Lipinski definition) is 5. The van der Waals surface area contributed by atoms with Crippen LogP contribution >= 0.6 is 0 Å². The van der Waals surface area contributed by atoms with E-state index < -0.39 is 23.2 Å². The van der Waals surface area contributed by atoms with Crippen LogP contribution in [0.2, 0.25) is 0 Å². The van der Waals surface area contributed by atoms with E-state index in [9.17, 15) is 19.6 Å². The maximum absolute atomic E-state index is 13.7. The molecule has 198 valence electrons. The van der Waals surface area contributed by atoms with E-state index in [1.54, 1.807) is 58.9 Å². The summed E-state index contributed by atoms with van der Waals surface area (Å²) >= 11 is 0. The SMILES string of the molecule is CN(C)C(=O)N1CC2C(=O)N(C)/C(=N\C(=O)OC(C)(C)C)NC2(c2cccc(-c3cccc(C#N)c3)c2)C1. The Morgan fingerprint density at radius 3 is 2.45 bits per heavy atom. The molecule has 2 saturated heterocycles. The molecular weight excluding hydrogens is 484 g/mol. The van der Waals surface area contributed by atoms with E-state index in [2.05, 4.69) is 16.4 Å². The predicted molar refractivity (Wildman–Crippen MR) is 142 cm³/mol. The van der Waals surface area contributed by atoms with Crippen molar-refractivity contribution in [3.05, 3.63) is 59.7 Å². The highest BCUT2D eigenvalue weighted by Gasteiger charge is 2.57. The number of urea groups is 1. The zero-order valence-electron chi connectivity index (χ0n) is 22.5. The van der Waals surface area contributed by atoms with Gasteiger partial charge in [0.1, 0.15) is 5.60 Å². The monoisotopic (exact) mass is 516 g/mol. The maximum Gasteiger partial charge on any atom is 0.437 e. The van der Waals surface area contributed by atoms with Gasteiger partial charge in [0.2, 0.25) is 11.9 Å². The van der Waals surface area contributed by atoms with E-state index in [1.807, 2.05) is 36.4 Å². The Morgan fingerprint density at radius 2 is 1.82 bits per heavy atom. The summed E-state index contributed by atoms with van der Waals surface area (Å²) in [4.78, 5) is 47.8. The quantitative estimate of drug-likeness (QED) is 0.654. The molecule has 0 spiro atoms. The van der Waals surface area contributed by atoms with Gasteiger partial charge in [-0.3, -0.25) is 9.69 Å². The number of guanidine groups is 1. The average molecular weight is 517 g/mol. The standard InChI is InChI=1S/C28H32N6O4/c1-27(2,3)38-25(36)30-24-31-28(17-34(26(37)32(4)5)16-22(28)23(35)33(24)6)21-12-8-11-20(14-21)19-10-7-9-18(13-19)15-29/h7-14,22H,16-17H2,1-6H3,(H,30,31,36). The van der Waals surface area contributed by atoms with Gasteiger partial charge in [-0.1, -0.05) is 30.3 Å². The number of aliphatic imine (C=N–C) groups is 1. The second-order valence-corrected chi connectivity index (χ2v) is 10.8. The average Bonchev–Trinajstić information content (AvgIpc) is 3.26. The molecule has 2 atom stereocenters. The number of likely N-dealkylation sites (tertiary alicyclic amines) is 1. The van der Waals surface area contributed by atoms with Gasteiger partial charge in [0, 0.05) is 27.7 Å². The fraction of sp³-hybridized carbons (Fsp3) is 0.393. The number of nitrogens with one attached hydrogen (secondary N) is 1.